The van der Waals surface area contributed by atoms with Crippen molar-refractivity contribution >= 4 is 15.7 Å². The van der Waals surface area contributed by atoms with Gasteiger partial charge in [0.05, 0.1) is 11.0 Å². The van der Waals surface area contributed by atoms with Crippen molar-refractivity contribution < 1.29 is 18.0 Å². The van der Waals surface area contributed by atoms with E-state index in [2.05, 4.69) is 20.4 Å². The summed E-state index contributed by atoms with van der Waals surface area (Å²) in [6, 6.07) is 24.5. The fraction of sp³-hybridized carbons (Fsp3) is 0.286. The summed E-state index contributed by atoms with van der Waals surface area (Å²) in [6.45, 7) is 4.51. The Kier molecular flexibility index (Phi) is 7.85. The van der Waals surface area contributed by atoms with Gasteiger partial charge in [-0.2, -0.15) is 9.29 Å². The Bertz CT molecular complexity index is 1430. The molecule has 0 amide bonds. The average Bonchev–Trinajstić information content (AvgIpc) is 3.39. The molecule has 0 bridgehead atoms. The molecule has 0 saturated carbocycles. The summed E-state index contributed by atoms with van der Waals surface area (Å²) in [4.78, 5) is 6.61. The van der Waals surface area contributed by atoms with Crippen molar-refractivity contribution in [3.05, 3.63) is 84.8 Å². The normalized spacial score (nSPS) is 15.8. The van der Waals surface area contributed by atoms with E-state index in [4.69, 9.17) is 4.52 Å². The maximum absolute atomic E-state index is 13.2. The molecule has 1 aliphatic heterocycles. The van der Waals surface area contributed by atoms with E-state index < -0.39 is 16.1 Å². The number of hydrogen-bond donors (Lipinski definition) is 2. The number of benzene rings is 3. The number of sulfonamides is 1. The van der Waals surface area contributed by atoms with E-state index in [0.29, 0.717) is 55.9 Å². The molecule has 3 aromatic carbocycles. The van der Waals surface area contributed by atoms with Crippen LogP contribution in [0.4, 0.5) is 5.69 Å². The first-order chi connectivity index (χ1) is 18.4. The minimum atomic E-state index is -3.56. The molecule has 0 aliphatic carbocycles. The van der Waals surface area contributed by atoms with E-state index in [9.17, 15) is 13.5 Å². The number of aliphatic hydroxyl groups is 1. The van der Waals surface area contributed by atoms with Crippen LogP contribution >= 0.6 is 0 Å². The van der Waals surface area contributed by atoms with Crippen molar-refractivity contribution in [1.82, 2.24) is 19.3 Å². The molecule has 4 aromatic rings. The summed E-state index contributed by atoms with van der Waals surface area (Å²) in [5, 5.41) is 17.7. The van der Waals surface area contributed by atoms with Crippen molar-refractivity contribution in [1.29, 1.82) is 0 Å². The molecule has 10 heteroatoms. The molecule has 1 aliphatic rings. The zero-order valence-corrected chi connectivity index (χ0v) is 22.0. The van der Waals surface area contributed by atoms with Gasteiger partial charge in [0, 0.05) is 57.4 Å². The van der Waals surface area contributed by atoms with E-state index in [-0.39, 0.29) is 0 Å². The maximum Gasteiger partial charge on any atom is 0.243 e. The van der Waals surface area contributed by atoms with Gasteiger partial charge in [-0.1, -0.05) is 47.6 Å². The van der Waals surface area contributed by atoms with Crippen LogP contribution in [0.5, 0.6) is 0 Å². The molecule has 0 spiro atoms. The highest BCUT2D eigenvalue weighted by Crippen LogP contribution is 2.24. The summed E-state index contributed by atoms with van der Waals surface area (Å²) < 4.78 is 32.9. The molecule has 1 aromatic heterocycles. The molecule has 38 heavy (non-hydrogen) atoms. The molecule has 198 valence electrons. The number of nitrogens with one attached hydrogen (secondary N) is 1. The van der Waals surface area contributed by atoms with Crippen molar-refractivity contribution in [3.63, 3.8) is 0 Å². The smallest absolute Gasteiger partial charge is 0.243 e. The van der Waals surface area contributed by atoms with Crippen LogP contribution in [0.25, 0.3) is 22.5 Å². The zero-order chi connectivity index (χ0) is 26.5. The quantitative estimate of drug-likeness (QED) is 0.336. The van der Waals surface area contributed by atoms with Gasteiger partial charge in [0.2, 0.25) is 21.7 Å². The number of aliphatic hydroxyl groups excluding tert-OH is 1. The van der Waals surface area contributed by atoms with Crippen molar-refractivity contribution in [3.8, 4) is 22.5 Å². The first-order valence-corrected chi connectivity index (χ1v) is 14.0. The first-order valence-electron chi connectivity index (χ1n) is 12.6. The average molecular weight is 534 g/mol. The lowest BCUT2D eigenvalue weighted by Gasteiger charge is -2.35. The van der Waals surface area contributed by atoms with E-state index in [1.54, 1.807) is 19.1 Å². The standard InChI is InChI=1S/C28H31N5O4S/c1-21-30-28(31-37-21)24-7-11-25(12-8-24)29-19-26(34)20-32-15-17-33(18-16-32)38(35,36)27-13-9-23(10-14-27)22-5-3-2-4-6-22/h2-14,26,29,34H,15-20H2,1H3. The second-order valence-electron chi connectivity index (χ2n) is 9.34. The van der Waals surface area contributed by atoms with Gasteiger partial charge in [0.15, 0.2) is 0 Å². The highest BCUT2D eigenvalue weighted by atomic mass is 32.2. The molecule has 9 nitrogen and oxygen atoms in total. The van der Waals surface area contributed by atoms with E-state index in [1.807, 2.05) is 66.7 Å². The molecule has 1 atom stereocenters. The van der Waals surface area contributed by atoms with Crippen molar-refractivity contribution in [2.24, 2.45) is 0 Å². The summed E-state index contributed by atoms with van der Waals surface area (Å²) in [5.41, 5.74) is 3.76. The fourth-order valence-electron chi connectivity index (χ4n) is 4.50. The Labute approximate surface area is 222 Å². The van der Waals surface area contributed by atoms with Crippen LogP contribution in [0, 0.1) is 6.92 Å². The third kappa shape index (κ3) is 6.11. The Hall–Kier alpha value is -3.57. The summed E-state index contributed by atoms with van der Waals surface area (Å²) in [6.07, 6.45) is -0.594. The molecule has 1 unspecified atom stereocenters. The molecular weight excluding hydrogens is 502 g/mol. The van der Waals surface area contributed by atoms with E-state index in [0.717, 1.165) is 22.4 Å². The van der Waals surface area contributed by atoms with Crippen LogP contribution < -0.4 is 5.32 Å². The van der Waals surface area contributed by atoms with Crippen LogP contribution in [-0.4, -0.2) is 78.2 Å². The zero-order valence-electron chi connectivity index (χ0n) is 21.2. The maximum atomic E-state index is 13.2. The number of β-amino-alcohol motifs (C(OH)–C–C–N with tert-alkyl or cyclic N) is 1. The molecule has 1 saturated heterocycles. The number of aromatic nitrogens is 2. The highest BCUT2D eigenvalue weighted by Gasteiger charge is 2.29. The monoisotopic (exact) mass is 533 g/mol. The minimum absolute atomic E-state index is 0.301. The largest absolute Gasteiger partial charge is 0.390 e. The molecule has 1 fully saturated rings. The molecule has 2 heterocycles. The summed E-state index contributed by atoms with van der Waals surface area (Å²) >= 11 is 0. The second-order valence-corrected chi connectivity index (χ2v) is 11.3. The van der Waals surface area contributed by atoms with Crippen LogP contribution in [-0.2, 0) is 10.0 Å². The summed E-state index contributed by atoms with van der Waals surface area (Å²) in [7, 11) is -3.56. The van der Waals surface area contributed by atoms with Gasteiger partial charge in [-0.3, -0.25) is 4.90 Å². The molecular formula is C28H31N5O4S. The predicted octanol–water partition coefficient (Wildman–Crippen LogP) is 3.49. The van der Waals surface area contributed by atoms with Crippen molar-refractivity contribution in [2.75, 3.05) is 44.6 Å². The van der Waals surface area contributed by atoms with Crippen LogP contribution in [0.1, 0.15) is 5.89 Å². The topological polar surface area (TPSA) is 112 Å². The molecule has 2 N–H and O–H groups in total. The number of anilines is 1. The Morgan fingerprint density at radius 2 is 1.53 bits per heavy atom. The molecule has 0 radical (unpaired) electrons. The van der Waals surface area contributed by atoms with Gasteiger partial charge in [-0.05, 0) is 47.5 Å². The van der Waals surface area contributed by atoms with Gasteiger partial charge in [-0.25, -0.2) is 8.42 Å². The Morgan fingerprint density at radius 3 is 2.16 bits per heavy atom. The number of hydrogen-bond acceptors (Lipinski definition) is 8. The van der Waals surface area contributed by atoms with Crippen molar-refractivity contribution in [2.45, 2.75) is 17.9 Å². The Balaban J connectivity index is 1.09. The molecule has 5 rings (SSSR count). The fourth-order valence-corrected chi connectivity index (χ4v) is 5.93. The van der Waals surface area contributed by atoms with E-state index in [1.165, 1.54) is 4.31 Å². The highest BCUT2D eigenvalue weighted by molar-refractivity contribution is 7.89. The third-order valence-electron chi connectivity index (χ3n) is 6.61. The van der Waals surface area contributed by atoms with Gasteiger partial charge < -0.3 is 14.9 Å². The lowest BCUT2D eigenvalue weighted by Crippen LogP contribution is -2.50. The van der Waals surface area contributed by atoms with Gasteiger partial charge in [0.1, 0.15) is 0 Å². The Morgan fingerprint density at radius 1 is 0.895 bits per heavy atom. The lowest BCUT2D eigenvalue weighted by molar-refractivity contribution is 0.0994. The predicted molar refractivity (Wildman–Crippen MR) is 146 cm³/mol. The number of piperazine rings is 1. The van der Waals surface area contributed by atoms with Crippen LogP contribution in [0.2, 0.25) is 0 Å². The lowest BCUT2D eigenvalue weighted by atomic mass is 10.1. The third-order valence-corrected chi connectivity index (χ3v) is 8.52. The van der Waals surface area contributed by atoms with E-state index >= 15 is 0 Å². The first kappa shape index (κ1) is 26.1. The number of nitrogens with zero attached hydrogens (tertiary/aromatic N) is 4. The van der Waals surface area contributed by atoms with Crippen LogP contribution in [0.15, 0.2) is 88.3 Å². The second kappa shape index (κ2) is 11.4. The van der Waals surface area contributed by atoms with Gasteiger partial charge in [-0.15, -0.1) is 0 Å². The minimum Gasteiger partial charge on any atom is -0.390 e. The SMILES string of the molecule is Cc1nc(-c2ccc(NCC(O)CN3CCN(S(=O)(=O)c4ccc(-c5ccccc5)cc4)CC3)cc2)no1. The number of aryl methyl sites for hydroxylation is 1. The van der Waals surface area contributed by atoms with Crippen LogP contribution in [0.3, 0.4) is 0 Å². The van der Waals surface area contributed by atoms with Gasteiger partial charge in [0.25, 0.3) is 0 Å². The summed E-state index contributed by atoms with van der Waals surface area (Å²) in [5.74, 6) is 1.06. The van der Waals surface area contributed by atoms with Gasteiger partial charge >= 0.3 is 0 Å². The number of rotatable bonds is 9.